The van der Waals surface area contributed by atoms with E-state index in [1.165, 1.54) is 12.1 Å². The molecule has 0 bridgehead atoms. The zero-order chi connectivity index (χ0) is 20.4. The average molecular weight is 416 g/mol. The lowest BCUT2D eigenvalue weighted by Gasteiger charge is -2.30. The maximum atomic E-state index is 12.8. The van der Waals surface area contributed by atoms with Gasteiger partial charge in [0.1, 0.15) is 13.2 Å². The maximum absolute atomic E-state index is 12.8. The highest BCUT2D eigenvalue weighted by molar-refractivity contribution is 7.92. The summed E-state index contributed by atoms with van der Waals surface area (Å²) >= 11 is 0. The Morgan fingerprint density at radius 1 is 1.03 bits per heavy atom. The van der Waals surface area contributed by atoms with Crippen LogP contribution in [0.4, 0.5) is 5.69 Å². The number of likely N-dealkylation sites (tertiary alicyclic amines) is 1. The second kappa shape index (κ2) is 7.94. The van der Waals surface area contributed by atoms with Crippen molar-refractivity contribution in [3.63, 3.8) is 0 Å². The summed E-state index contributed by atoms with van der Waals surface area (Å²) in [5, 5.41) is 0. The van der Waals surface area contributed by atoms with E-state index in [9.17, 15) is 13.2 Å². The molecule has 1 N–H and O–H groups in total. The Morgan fingerprint density at radius 3 is 2.52 bits per heavy atom. The van der Waals surface area contributed by atoms with Crippen molar-refractivity contribution in [2.45, 2.75) is 24.7 Å². The Morgan fingerprint density at radius 2 is 1.76 bits per heavy atom. The molecule has 7 nitrogen and oxygen atoms in total. The summed E-state index contributed by atoms with van der Waals surface area (Å²) in [5.41, 5.74) is 0.818. The van der Waals surface area contributed by atoms with E-state index >= 15 is 0 Å². The van der Waals surface area contributed by atoms with E-state index in [0.717, 1.165) is 25.9 Å². The van der Waals surface area contributed by atoms with Gasteiger partial charge in [-0.3, -0.25) is 9.52 Å². The quantitative estimate of drug-likeness (QED) is 0.828. The monoisotopic (exact) mass is 416 g/mol. The molecule has 2 aliphatic heterocycles. The molecule has 2 aromatic carbocycles. The minimum absolute atomic E-state index is 0.0720. The van der Waals surface area contributed by atoms with Gasteiger partial charge in [0, 0.05) is 30.4 Å². The van der Waals surface area contributed by atoms with Gasteiger partial charge in [0.15, 0.2) is 11.5 Å². The molecule has 0 aliphatic carbocycles. The zero-order valence-corrected chi connectivity index (χ0v) is 17.1. The summed E-state index contributed by atoms with van der Waals surface area (Å²) in [7, 11) is -3.83. The van der Waals surface area contributed by atoms with Crippen molar-refractivity contribution >= 4 is 21.6 Å². The molecular formula is C21H24N2O5S. The Bertz CT molecular complexity index is 1010. The molecule has 0 spiro atoms. The lowest BCUT2D eigenvalue weighted by Crippen LogP contribution is -2.37. The number of nitrogens with one attached hydrogen (secondary N) is 1. The fourth-order valence-corrected chi connectivity index (χ4v) is 4.58. The highest BCUT2D eigenvalue weighted by Gasteiger charge is 2.23. The lowest BCUT2D eigenvalue weighted by molar-refractivity contribution is 0.0697. The molecule has 0 unspecified atom stereocenters. The van der Waals surface area contributed by atoms with Gasteiger partial charge >= 0.3 is 0 Å². The summed E-state index contributed by atoms with van der Waals surface area (Å²) in [6.07, 6.45) is 1.98. The Kier molecular flexibility index (Phi) is 5.36. The number of carbonyl (C=O) groups is 1. The third kappa shape index (κ3) is 4.32. The minimum atomic E-state index is -3.83. The molecule has 0 aromatic heterocycles. The molecule has 0 saturated carbocycles. The van der Waals surface area contributed by atoms with E-state index in [0.29, 0.717) is 41.9 Å². The Balaban J connectivity index is 1.52. The maximum Gasteiger partial charge on any atom is 0.262 e. The van der Waals surface area contributed by atoms with Crippen LogP contribution in [0.25, 0.3) is 0 Å². The first-order valence-corrected chi connectivity index (χ1v) is 11.2. The van der Waals surface area contributed by atoms with Crippen LogP contribution in [0.3, 0.4) is 0 Å². The Hall–Kier alpha value is -2.74. The molecule has 0 radical (unpaired) electrons. The second-order valence-corrected chi connectivity index (χ2v) is 9.15. The van der Waals surface area contributed by atoms with Crippen LogP contribution in [-0.4, -0.2) is 45.5 Å². The number of fused-ring (bicyclic) bond motifs is 1. The van der Waals surface area contributed by atoms with Crippen LogP contribution < -0.4 is 14.2 Å². The van der Waals surface area contributed by atoms with Crippen LogP contribution in [0, 0.1) is 5.92 Å². The van der Waals surface area contributed by atoms with E-state index in [1.54, 1.807) is 30.3 Å². The molecule has 29 heavy (non-hydrogen) atoms. The number of sulfonamides is 1. The predicted molar refractivity (Wildman–Crippen MR) is 109 cm³/mol. The fraction of sp³-hybridized carbons (Fsp3) is 0.381. The largest absolute Gasteiger partial charge is 0.486 e. The number of benzene rings is 2. The van der Waals surface area contributed by atoms with E-state index in [2.05, 4.69) is 11.6 Å². The molecule has 1 saturated heterocycles. The average Bonchev–Trinajstić information content (AvgIpc) is 2.73. The number of carbonyl (C=O) groups excluding carboxylic acids is 1. The highest BCUT2D eigenvalue weighted by atomic mass is 32.2. The van der Waals surface area contributed by atoms with Crippen LogP contribution in [0.1, 0.15) is 30.1 Å². The number of hydrogen-bond donors (Lipinski definition) is 1. The number of ether oxygens (including phenoxy) is 2. The van der Waals surface area contributed by atoms with Crippen LogP contribution in [0.15, 0.2) is 47.4 Å². The summed E-state index contributed by atoms with van der Waals surface area (Å²) in [5.74, 6) is 1.49. The number of anilines is 1. The van der Waals surface area contributed by atoms with Gasteiger partial charge in [-0.05, 0) is 49.1 Å². The molecule has 2 aliphatic rings. The van der Waals surface area contributed by atoms with Crippen LogP contribution in [0.2, 0.25) is 0 Å². The van der Waals surface area contributed by atoms with Crippen molar-refractivity contribution in [2.75, 3.05) is 31.0 Å². The number of nitrogens with zero attached hydrogens (tertiary/aromatic N) is 1. The summed E-state index contributed by atoms with van der Waals surface area (Å²) < 4.78 is 39.1. The van der Waals surface area contributed by atoms with Gasteiger partial charge < -0.3 is 14.4 Å². The first-order valence-electron chi connectivity index (χ1n) is 9.74. The SMILES string of the molecule is CC1CCN(C(=O)c2cccc(NS(=O)(=O)c3ccc4c(c3)OCCO4)c2)CC1. The summed E-state index contributed by atoms with van der Waals surface area (Å²) in [6, 6.07) is 11.1. The van der Waals surface area contributed by atoms with Gasteiger partial charge in [-0.1, -0.05) is 13.0 Å². The first-order chi connectivity index (χ1) is 13.9. The van der Waals surface area contributed by atoms with Gasteiger partial charge in [-0.2, -0.15) is 0 Å². The van der Waals surface area contributed by atoms with Crippen molar-refractivity contribution in [2.24, 2.45) is 5.92 Å². The molecule has 2 heterocycles. The molecule has 0 atom stereocenters. The van der Waals surface area contributed by atoms with Crippen molar-refractivity contribution < 1.29 is 22.7 Å². The van der Waals surface area contributed by atoms with Crippen LogP contribution >= 0.6 is 0 Å². The number of piperidine rings is 1. The fourth-order valence-electron chi connectivity index (χ4n) is 3.51. The first kappa shape index (κ1) is 19.6. The van der Waals surface area contributed by atoms with Crippen molar-refractivity contribution in [3.8, 4) is 11.5 Å². The minimum Gasteiger partial charge on any atom is -0.486 e. The van der Waals surface area contributed by atoms with Gasteiger partial charge in [-0.15, -0.1) is 0 Å². The van der Waals surface area contributed by atoms with Gasteiger partial charge in [0.2, 0.25) is 0 Å². The van der Waals surface area contributed by atoms with E-state index in [1.807, 2.05) is 4.90 Å². The third-order valence-electron chi connectivity index (χ3n) is 5.26. The number of rotatable bonds is 4. The van der Waals surface area contributed by atoms with Crippen LogP contribution in [0.5, 0.6) is 11.5 Å². The second-order valence-electron chi connectivity index (χ2n) is 7.47. The van der Waals surface area contributed by atoms with Gasteiger partial charge in [-0.25, -0.2) is 8.42 Å². The van der Waals surface area contributed by atoms with Crippen molar-refractivity contribution in [1.82, 2.24) is 4.90 Å². The van der Waals surface area contributed by atoms with Gasteiger partial charge in [0.25, 0.3) is 15.9 Å². The molecule has 1 amide bonds. The highest BCUT2D eigenvalue weighted by Crippen LogP contribution is 2.32. The number of hydrogen-bond acceptors (Lipinski definition) is 5. The summed E-state index contributed by atoms with van der Waals surface area (Å²) in [4.78, 5) is 14.7. The van der Waals surface area contributed by atoms with Crippen molar-refractivity contribution in [3.05, 3.63) is 48.0 Å². The number of amides is 1. The van der Waals surface area contributed by atoms with Crippen molar-refractivity contribution in [1.29, 1.82) is 0 Å². The lowest BCUT2D eigenvalue weighted by atomic mass is 9.98. The molecule has 2 aromatic rings. The zero-order valence-electron chi connectivity index (χ0n) is 16.3. The van der Waals surface area contributed by atoms with Gasteiger partial charge in [0.05, 0.1) is 4.90 Å². The summed E-state index contributed by atoms with van der Waals surface area (Å²) in [6.45, 7) is 4.47. The molecular weight excluding hydrogens is 392 g/mol. The van der Waals surface area contributed by atoms with E-state index in [-0.39, 0.29) is 10.8 Å². The van der Waals surface area contributed by atoms with E-state index in [4.69, 9.17) is 9.47 Å². The third-order valence-corrected chi connectivity index (χ3v) is 6.64. The smallest absolute Gasteiger partial charge is 0.262 e. The predicted octanol–water partition coefficient (Wildman–Crippen LogP) is 3.13. The Labute approximate surface area is 170 Å². The van der Waals surface area contributed by atoms with E-state index < -0.39 is 10.0 Å². The molecule has 154 valence electrons. The topological polar surface area (TPSA) is 84.9 Å². The molecule has 8 heteroatoms. The standard InChI is InChI=1S/C21H24N2O5S/c1-15-7-9-23(10-8-15)21(24)16-3-2-4-17(13-16)22-29(25,26)18-5-6-19-20(14-18)28-12-11-27-19/h2-6,13-15,22H,7-12H2,1H3. The normalized spacial score (nSPS) is 17.1. The molecule has 4 rings (SSSR count). The molecule has 1 fully saturated rings. The van der Waals surface area contributed by atoms with Crippen LogP contribution in [-0.2, 0) is 10.0 Å².